The van der Waals surface area contributed by atoms with E-state index in [4.69, 9.17) is 0 Å². The van der Waals surface area contributed by atoms with Crippen molar-refractivity contribution in [2.24, 2.45) is 7.05 Å². The minimum atomic E-state index is -0.262. The third-order valence-electron chi connectivity index (χ3n) is 2.88. The average Bonchev–Trinajstić information content (AvgIpc) is 2.94. The largest absolute Gasteiger partial charge is 0.345 e. The molecule has 1 fully saturated rings. The number of amides is 1. The van der Waals surface area contributed by atoms with E-state index in [0.29, 0.717) is 12.5 Å². The van der Waals surface area contributed by atoms with Crippen LogP contribution in [0.5, 0.6) is 0 Å². The number of carbonyl (C=O) groups is 1. The van der Waals surface area contributed by atoms with E-state index in [1.54, 1.807) is 10.9 Å². The van der Waals surface area contributed by atoms with Gasteiger partial charge in [0.05, 0.1) is 6.20 Å². The van der Waals surface area contributed by atoms with Crippen LogP contribution in [0.15, 0.2) is 12.4 Å². The number of aryl methyl sites for hydroxylation is 1. The summed E-state index contributed by atoms with van der Waals surface area (Å²) in [5, 5.41) is 13.5. The number of hydrogen-bond acceptors (Lipinski definition) is 4. The minimum Gasteiger partial charge on any atom is -0.345 e. The van der Waals surface area contributed by atoms with Gasteiger partial charge in [-0.05, 0) is 12.8 Å². The van der Waals surface area contributed by atoms with Crippen LogP contribution in [0.2, 0.25) is 0 Å². The lowest BCUT2D eigenvalue weighted by Crippen LogP contribution is -2.23. The van der Waals surface area contributed by atoms with Gasteiger partial charge in [0.2, 0.25) is 5.82 Å². The zero-order valence-electron chi connectivity index (χ0n) is 10.1. The first-order valence-corrected chi connectivity index (χ1v) is 5.90. The molecule has 0 bridgehead atoms. The molecule has 0 aromatic carbocycles. The van der Waals surface area contributed by atoms with E-state index < -0.39 is 0 Å². The lowest BCUT2D eigenvalue weighted by molar-refractivity contribution is 0.0941. The molecule has 1 aliphatic carbocycles. The monoisotopic (exact) mass is 246 g/mol. The van der Waals surface area contributed by atoms with Crippen molar-refractivity contribution in [3.63, 3.8) is 0 Å². The van der Waals surface area contributed by atoms with Crippen molar-refractivity contribution >= 4 is 5.91 Å². The summed E-state index contributed by atoms with van der Waals surface area (Å²) in [7, 11) is 1.84. The van der Waals surface area contributed by atoms with Crippen LogP contribution in [0.25, 0.3) is 0 Å². The third-order valence-corrected chi connectivity index (χ3v) is 2.88. The van der Waals surface area contributed by atoms with Gasteiger partial charge in [0, 0.05) is 31.3 Å². The molecule has 0 radical (unpaired) electrons. The smallest absolute Gasteiger partial charge is 0.291 e. The van der Waals surface area contributed by atoms with Gasteiger partial charge in [-0.3, -0.25) is 14.6 Å². The first-order chi connectivity index (χ1) is 8.72. The van der Waals surface area contributed by atoms with E-state index >= 15 is 0 Å². The summed E-state index contributed by atoms with van der Waals surface area (Å²) < 4.78 is 1.69. The molecule has 2 aromatic heterocycles. The number of carbonyl (C=O) groups excluding carboxylic acids is 1. The Kier molecular flexibility index (Phi) is 2.58. The van der Waals surface area contributed by atoms with E-state index in [0.717, 1.165) is 24.2 Å². The quantitative estimate of drug-likeness (QED) is 0.814. The molecule has 0 atom stereocenters. The zero-order valence-corrected chi connectivity index (χ0v) is 10.1. The molecule has 1 saturated carbocycles. The van der Waals surface area contributed by atoms with Gasteiger partial charge in [-0.1, -0.05) is 0 Å². The van der Waals surface area contributed by atoms with Gasteiger partial charge >= 0.3 is 0 Å². The van der Waals surface area contributed by atoms with Crippen LogP contribution < -0.4 is 5.32 Å². The SMILES string of the molecule is Cn1cc(CNC(=O)c2n[nH]c(C3CC3)n2)cn1. The average molecular weight is 246 g/mol. The molecule has 0 saturated heterocycles. The van der Waals surface area contributed by atoms with Crippen molar-refractivity contribution in [1.82, 2.24) is 30.3 Å². The number of hydrogen-bond donors (Lipinski definition) is 2. The summed E-state index contributed by atoms with van der Waals surface area (Å²) in [6.07, 6.45) is 5.83. The fourth-order valence-corrected chi connectivity index (χ4v) is 1.74. The van der Waals surface area contributed by atoms with Crippen molar-refractivity contribution in [2.45, 2.75) is 25.3 Å². The molecule has 2 N–H and O–H groups in total. The lowest BCUT2D eigenvalue weighted by atomic mass is 10.3. The van der Waals surface area contributed by atoms with Crippen LogP contribution in [0, 0.1) is 0 Å². The molecule has 7 heteroatoms. The molecule has 18 heavy (non-hydrogen) atoms. The summed E-state index contributed by atoms with van der Waals surface area (Å²) in [6, 6.07) is 0. The number of aromatic nitrogens is 5. The number of nitrogens with zero attached hydrogens (tertiary/aromatic N) is 4. The van der Waals surface area contributed by atoms with Crippen molar-refractivity contribution in [1.29, 1.82) is 0 Å². The lowest BCUT2D eigenvalue weighted by Gasteiger charge is -1.98. The molecule has 1 aliphatic rings. The van der Waals surface area contributed by atoms with Crippen molar-refractivity contribution in [3.8, 4) is 0 Å². The summed E-state index contributed by atoms with van der Waals surface area (Å²) in [4.78, 5) is 16.0. The first kappa shape index (κ1) is 10.9. The molecule has 3 rings (SSSR count). The predicted molar refractivity (Wildman–Crippen MR) is 62.7 cm³/mol. The highest BCUT2D eigenvalue weighted by Gasteiger charge is 2.28. The Labute approximate surface area is 104 Å². The summed E-state index contributed by atoms with van der Waals surface area (Å²) >= 11 is 0. The van der Waals surface area contributed by atoms with Crippen LogP contribution in [-0.4, -0.2) is 30.9 Å². The van der Waals surface area contributed by atoms with Gasteiger partial charge < -0.3 is 5.32 Å². The topological polar surface area (TPSA) is 88.5 Å². The number of H-pyrrole nitrogens is 1. The van der Waals surface area contributed by atoms with Gasteiger partial charge in [0.15, 0.2) is 0 Å². The Morgan fingerprint density at radius 3 is 3.11 bits per heavy atom. The molecule has 0 unspecified atom stereocenters. The molecule has 0 spiro atoms. The summed E-state index contributed by atoms with van der Waals surface area (Å²) in [5.74, 6) is 1.24. The van der Waals surface area contributed by atoms with E-state index in [-0.39, 0.29) is 11.7 Å². The third kappa shape index (κ3) is 2.24. The Bertz CT molecular complexity index is 568. The highest BCUT2D eigenvalue weighted by atomic mass is 16.2. The second-order valence-corrected chi connectivity index (χ2v) is 4.52. The predicted octanol–water partition coefficient (Wildman–Crippen LogP) is 0.346. The molecule has 7 nitrogen and oxygen atoms in total. The number of nitrogens with one attached hydrogen (secondary N) is 2. The highest BCUT2D eigenvalue weighted by molar-refractivity contribution is 5.90. The van der Waals surface area contributed by atoms with E-state index in [2.05, 4.69) is 25.6 Å². The second kappa shape index (κ2) is 4.25. The highest BCUT2D eigenvalue weighted by Crippen LogP contribution is 2.37. The number of rotatable bonds is 4. The second-order valence-electron chi connectivity index (χ2n) is 4.52. The summed E-state index contributed by atoms with van der Waals surface area (Å²) in [6.45, 7) is 0.431. The van der Waals surface area contributed by atoms with Gasteiger partial charge in [0.1, 0.15) is 5.82 Å². The van der Waals surface area contributed by atoms with Crippen LogP contribution in [0.1, 0.15) is 40.8 Å². The Balaban J connectivity index is 1.59. The summed E-state index contributed by atoms with van der Waals surface area (Å²) in [5.41, 5.74) is 0.948. The van der Waals surface area contributed by atoms with Crippen LogP contribution in [0.3, 0.4) is 0 Å². The molecule has 2 heterocycles. The van der Waals surface area contributed by atoms with Crippen LogP contribution in [-0.2, 0) is 13.6 Å². The number of aromatic amines is 1. The molecular formula is C11H14N6O. The van der Waals surface area contributed by atoms with Gasteiger partial charge in [-0.25, -0.2) is 4.98 Å². The fourth-order valence-electron chi connectivity index (χ4n) is 1.74. The standard InChI is InChI=1S/C11H14N6O/c1-17-6-7(5-13-17)4-12-11(18)10-14-9(15-16-10)8-2-3-8/h5-6,8H,2-4H2,1H3,(H,12,18)(H,14,15,16). The van der Waals surface area contributed by atoms with E-state index in [1.165, 1.54) is 0 Å². The van der Waals surface area contributed by atoms with E-state index in [1.807, 2.05) is 13.2 Å². The molecular weight excluding hydrogens is 232 g/mol. The van der Waals surface area contributed by atoms with Crippen molar-refractivity contribution < 1.29 is 4.79 Å². The normalized spacial score (nSPS) is 14.7. The van der Waals surface area contributed by atoms with Crippen LogP contribution >= 0.6 is 0 Å². The van der Waals surface area contributed by atoms with E-state index in [9.17, 15) is 4.79 Å². The van der Waals surface area contributed by atoms with Crippen molar-refractivity contribution in [2.75, 3.05) is 0 Å². The Hall–Kier alpha value is -2.18. The fraction of sp³-hybridized carbons (Fsp3) is 0.455. The molecule has 0 aliphatic heterocycles. The maximum atomic E-state index is 11.8. The zero-order chi connectivity index (χ0) is 12.5. The molecule has 94 valence electrons. The van der Waals surface area contributed by atoms with Crippen molar-refractivity contribution in [3.05, 3.63) is 29.6 Å². The Morgan fingerprint density at radius 2 is 2.44 bits per heavy atom. The van der Waals surface area contributed by atoms with Gasteiger partial charge in [-0.2, -0.15) is 5.10 Å². The first-order valence-electron chi connectivity index (χ1n) is 5.90. The molecule has 1 amide bonds. The maximum Gasteiger partial charge on any atom is 0.291 e. The Morgan fingerprint density at radius 1 is 1.61 bits per heavy atom. The minimum absolute atomic E-state index is 0.209. The maximum absolute atomic E-state index is 11.8. The van der Waals surface area contributed by atoms with Gasteiger partial charge in [-0.15, -0.1) is 5.10 Å². The van der Waals surface area contributed by atoms with Crippen LogP contribution in [0.4, 0.5) is 0 Å². The van der Waals surface area contributed by atoms with Gasteiger partial charge in [0.25, 0.3) is 5.91 Å². The molecule has 2 aromatic rings.